The molecular formula is C14H19NO4. The average molecular weight is 265 g/mol. The third kappa shape index (κ3) is 4.62. The highest BCUT2D eigenvalue weighted by atomic mass is 16.5. The first-order chi connectivity index (χ1) is 8.93. The molecule has 5 nitrogen and oxygen atoms in total. The second kappa shape index (κ2) is 6.78. The summed E-state index contributed by atoms with van der Waals surface area (Å²) in [6.45, 7) is 2.02. The molecule has 0 radical (unpaired) electrons. The lowest BCUT2D eigenvalue weighted by Crippen LogP contribution is -2.35. The van der Waals surface area contributed by atoms with E-state index in [-0.39, 0.29) is 30.0 Å². The number of ether oxygens (including phenoxy) is 1. The number of methoxy groups -OCH3 is 1. The number of benzene rings is 1. The molecule has 1 aromatic carbocycles. The van der Waals surface area contributed by atoms with Crippen LogP contribution < -0.4 is 0 Å². The predicted molar refractivity (Wildman–Crippen MR) is 70.6 cm³/mol. The van der Waals surface area contributed by atoms with Gasteiger partial charge in [0, 0.05) is 13.6 Å². The van der Waals surface area contributed by atoms with Gasteiger partial charge in [-0.2, -0.15) is 0 Å². The zero-order valence-electron chi connectivity index (χ0n) is 11.4. The molecule has 19 heavy (non-hydrogen) atoms. The standard InChI is InChI=1S/C14H19NO4/c1-10(14(18)19-3)9-15(2)13(17)8-11-5-4-6-12(16)7-11/h4-7,10,16H,8-9H2,1-3H3. The molecule has 0 aliphatic heterocycles. The van der Waals surface area contributed by atoms with Crippen LogP contribution in [-0.4, -0.2) is 42.6 Å². The number of phenolic OH excluding ortho intramolecular Hbond substituents is 1. The monoisotopic (exact) mass is 265 g/mol. The molecule has 1 unspecified atom stereocenters. The van der Waals surface area contributed by atoms with Crippen molar-refractivity contribution in [1.82, 2.24) is 4.90 Å². The molecule has 0 bridgehead atoms. The van der Waals surface area contributed by atoms with E-state index in [9.17, 15) is 14.7 Å². The molecule has 0 fully saturated rings. The summed E-state index contributed by atoms with van der Waals surface area (Å²) in [7, 11) is 2.97. The third-order valence-electron chi connectivity index (χ3n) is 2.84. The zero-order valence-corrected chi connectivity index (χ0v) is 11.4. The Labute approximate surface area is 112 Å². The van der Waals surface area contributed by atoms with Crippen LogP contribution in [0.3, 0.4) is 0 Å². The van der Waals surface area contributed by atoms with E-state index in [4.69, 9.17) is 0 Å². The van der Waals surface area contributed by atoms with E-state index in [1.165, 1.54) is 12.0 Å². The summed E-state index contributed by atoms with van der Waals surface area (Å²) in [5, 5.41) is 9.33. The minimum absolute atomic E-state index is 0.110. The molecule has 0 spiro atoms. The van der Waals surface area contributed by atoms with E-state index < -0.39 is 0 Å². The Morgan fingerprint density at radius 1 is 1.42 bits per heavy atom. The quantitative estimate of drug-likeness (QED) is 0.812. The maximum Gasteiger partial charge on any atom is 0.310 e. The fourth-order valence-corrected chi connectivity index (χ4v) is 1.76. The van der Waals surface area contributed by atoms with Crippen LogP contribution in [0.4, 0.5) is 0 Å². The first-order valence-corrected chi connectivity index (χ1v) is 6.03. The van der Waals surface area contributed by atoms with Crippen molar-refractivity contribution >= 4 is 11.9 Å². The molecule has 1 aromatic rings. The van der Waals surface area contributed by atoms with E-state index >= 15 is 0 Å². The smallest absolute Gasteiger partial charge is 0.310 e. The number of carbonyl (C=O) groups is 2. The molecule has 1 amide bonds. The number of carbonyl (C=O) groups excluding carboxylic acids is 2. The van der Waals surface area contributed by atoms with E-state index in [1.807, 2.05) is 0 Å². The lowest BCUT2D eigenvalue weighted by molar-refractivity contribution is -0.146. The van der Waals surface area contributed by atoms with Crippen LogP contribution in [0.15, 0.2) is 24.3 Å². The molecular weight excluding hydrogens is 246 g/mol. The highest BCUT2D eigenvalue weighted by Gasteiger charge is 2.18. The first kappa shape index (κ1) is 15.0. The number of amides is 1. The second-order valence-electron chi connectivity index (χ2n) is 4.55. The van der Waals surface area contributed by atoms with Gasteiger partial charge in [-0.15, -0.1) is 0 Å². The fourth-order valence-electron chi connectivity index (χ4n) is 1.76. The molecule has 0 heterocycles. The third-order valence-corrected chi connectivity index (χ3v) is 2.84. The molecule has 1 N–H and O–H groups in total. The van der Waals surface area contributed by atoms with Gasteiger partial charge in [0.05, 0.1) is 19.4 Å². The van der Waals surface area contributed by atoms with Crippen molar-refractivity contribution in [1.29, 1.82) is 0 Å². The molecule has 0 aliphatic rings. The Kier molecular flexibility index (Phi) is 5.36. The van der Waals surface area contributed by atoms with Gasteiger partial charge in [0.1, 0.15) is 5.75 Å². The van der Waals surface area contributed by atoms with Crippen molar-refractivity contribution in [2.45, 2.75) is 13.3 Å². The van der Waals surface area contributed by atoms with Gasteiger partial charge in [-0.3, -0.25) is 9.59 Å². The Morgan fingerprint density at radius 3 is 2.68 bits per heavy atom. The molecule has 1 rings (SSSR count). The summed E-state index contributed by atoms with van der Waals surface area (Å²) < 4.78 is 4.62. The Hall–Kier alpha value is -2.04. The number of esters is 1. The minimum Gasteiger partial charge on any atom is -0.508 e. The van der Waals surface area contributed by atoms with Crippen molar-refractivity contribution in [3.63, 3.8) is 0 Å². The highest BCUT2D eigenvalue weighted by Crippen LogP contribution is 2.12. The van der Waals surface area contributed by atoms with Gasteiger partial charge in [0.2, 0.25) is 5.91 Å². The second-order valence-corrected chi connectivity index (χ2v) is 4.55. The number of nitrogens with zero attached hydrogens (tertiary/aromatic N) is 1. The number of likely N-dealkylation sites (N-methyl/N-ethyl adjacent to an activating group) is 1. The highest BCUT2D eigenvalue weighted by molar-refractivity contribution is 5.79. The van der Waals surface area contributed by atoms with Crippen LogP contribution >= 0.6 is 0 Å². The van der Waals surface area contributed by atoms with Crippen molar-refractivity contribution < 1.29 is 19.4 Å². The Balaban J connectivity index is 2.56. The van der Waals surface area contributed by atoms with E-state index in [2.05, 4.69) is 4.74 Å². The van der Waals surface area contributed by atoms with Gasteiger partial charge >= 0.3 is 5.97 Å². The normalized spacial score (nSPS) is 11.7. The molecule has 5 heteroatoms. The largest absolute Gasteiger partial charge is 0.508 e. The maximum atomic E-state index is 12.0. The fraction of sp³-hybridized carbons (Fsp3) is 0.429. The number of phenols is 1. The number of rotatable bonds is 5. The average Bonchev–Trinajstić information content (AvgIpc) is 2.37. The summed E-state index contributed by atoms with van der Waals surface area (Å²) in [6, 6.07) is 6.57. The number of hydrogen-bond donors (Lipinski definition) is 1. The van der Waals surface area contributed by atoms with Crippen LogP contribution in [0.25, 0.3) is 0 Å². The zero-order chi connectivity index (χ0) is 14.4. The van der Waals surface area contributed by atoms with E-state index in [0.29, 0.717) is 6.54 Å². The van der Waals surface area contributed by atoms with Crippen LogP contribution in [-0.2, 0) is 20.7 Å². The predicted octanol–water partition coefficient (Wildman–Crippen LogP) is 1.20. The SMILES string of the molecule is COC(=O)C(C)CN(C)C(=O)Cc1cccc(O)c1. The number of aromatic hydroxyl groups is 1. The Bertz CT molecular complexity index is 459. The van der Waals surface area contributed by atoms with Gasteiger partial charge in [-0.05, 0) is 17.7 Å². The first-order valence-electron chi connectivity index (χ1n) is 6.03. The van der Waals surface area contributed by atoms with Crippen LogP contribution in [0.5, 0.6) is 5.75 Å². The summed E-state index contributed by atoms with van der Waals surface area (Å²) in [5.74, 6) is -0.669. The lowest BCUT2D eigenvalue weighted by atomic mass is 10.1. The van der Waals surface area contributed by atoms with Crippen LogP contribution in [0.2, 0.25) is 0 Å². The molecule has 1 atom stereocenters. The maximum absolute atomic E-state index is 12.0. The van der Waals surface area contributed by atoms with Gasteiger partial charge < -0.3 is 14.7 Å². The van der Waals surface area contributed by atoms with Crippen molar-refractivity contribution in [3.8, 4) is 5.75 Å². The minimum atomic E-state index is -0.358. The molecule has 0 aliphatic carbocycles. The van der Waals surface area contributed by atoms with E-state index in [0.717, 1.165) is 5.56 Å². The molecule has 0 saturated heterocycles. The summed E-state index contributed by atoms with van der Waals surface area (Å²) in [5.41, 5.74) is 0.738. The van der Waals surface area contributed by atoms with Crippen molar-refractivity contribution in [2.75, 3.05) is 20.7 Å². The summed E-state index contributed by atoms with van der Waals surface area (Å²) >= 11 is 0. The van der Waals surface area contributed by atoms with Crippen LogP contribution in [0, 0.1) is 5.92 Å². The number of hydrogen-bond acceptors (Lipinski definition) is 4. The Morgan fingerprint density at radius 2 is 2.11 bits per heavy atom. The van der Waals surface area contributed by atoms with Crippen molar-refractivity contribution in [3.05, 3.63) is 29.8 Å². The topological polar surface area (TPSA) is 66.8 Å². The summed E-state index contributed by atoms with van der Waals surface area (Å²) in [6.07, 6.45) is 0.193. The van der Waals surface area contributed by atoms with Crippen LogP contribution in [0.1, 0.15) is 12.5 Å². The van der Waals surface area contributed by atoms with Crippen molar-refractivity contribution in [2.24, 2.45) is 5.92 Å². The summed E-state index contributed by atoms with van der Waals surface area (Å²) in [4.78, 5) is 24.7. The van der Waals surface area contributed by atoms with Gasteiger partial charge in [-0.1, -0.05) is 19.1 Å². The van der Waals surface area contributed by atoms with Gasteiger partial charge in [-0.25, -0.2) is 0 Å². The van der Waals surface area contributed by atoms with Gasteiger partial charge in [0.15, 0.2) is 0 Å². The van der Waals surface area contributed by atoms with E-state index in [1.54, 1.807) is 38.2 Å². The molecule has 104 valence electrons. The lowest BCUT2D eigenvalue weighted by Gasteiger charge is -2.20. The molecule has 0 saturated carbocycles. The van der Waals surface area contributed by atoms with Gasteiger partial charge in [0.25, 0.3) is 0 Å². The molecule has 0 aromatic heterocycles.